The fourth-order valence-electron chi connectivity index (χ4n) is 0.983. The Bertz CT molecular complexity index is 326. The van der Waals surface area contributed by atoms with Crippen molar-refractivity contribution in [3.63, 3.8) is 0 Å². The van der Waals surface area contributed by atoms with E-state index < -0.39 is 11.6 Å². The molecule has 1 aliphatic rings. The van der Waals surface area contributed by atoms with E-state index in [1.54, 1.807) is 6.07 Å². The van der Waals surface area contributed by atoms with Gasteiger partial charge >= 0.3 is 0 Å². The SMILES string of the molecule is Fc1ccc(C2=CC2)cc1F. The first kappa shape index (κ1) is 6.53. The van der Waals surface area contributed by atoms with Gasteiger partial charge in [-0.3, -0.25) is 0 Å². The standard InChI is InChI=1S/C9H6F2/c10-8-4-3-7(5-9(8)11)6-1-2-6/h1,3-5H,2H2. The van der Waals surface area contributed by atoms with E-state index >= 15 is 0 Å². The van der Waals surface area contributed by atoms with E-state index in [9.17, 15) is 8.78 Å². The monoisotopic (exact) mass is 152 g/mol. The molecule has 0 fully saturated rings. The maximum atomic E-state index is 12.6. The predicted molar refractivity (Wildman–Crippen MR) is 39.0 cm³/mol. The molecule has 56 valence electrons. The average molecular weight is 152 g/mol. The molecule has 0 heterocycles. The van der Waals surface area contributed by atoms with Crippen LogP contribution in [0.2, 0.25) is 0 Å². The quantitative estimate of drug-likeness (QED) is 0.580. The molecule has 0 aliphatic heterocycles. The molecular formula is C9H6F2. The Morgan fingerprint density at radius 3 is 2.36 bits per heavy atom. The molecule has 1 aromatic carbocycles. The molecule has 0 radical (unpaired) electrons. The third kappa shape index (κ3) is 1.16. The first-order valence-corrected chi connectivity index (χ1v) is 3.42. The van der Waals surface area contributed by atoms with Crippen molar-refractivity contribution in [2.75, 3.05) is 0 Å². The molecule has 0 saturated carbocycles. The van der Waals surface area contributed by atoms with Crippen LogP contribution >= 0.6 is 0 Å². The van der Waals surface area contributed by atoms with Gasteiger partial charge in [0, 0.05) is 0 Å². The summed E-state index contributed by atoms with van der Waals surface area (Å²) in [6.45, 7) is 0. The van der Waals surface area contributed by atoms with Gasteiger partial charge in [-0.15, -0.1) is 0 Å². The highest BCUT2D eigenvalue weighted by molar-refractivity contribution is 5.77. The second-order valence-electron chi connectivity index (χ2n) is 2.56. The highest BCUT2D eigenvalue weighted by Gasteiger charge is 2.11. The van der Waals surface area contributed by atoms with Crippen LogP contribution in [-0.2, 0) is 0 Å². The summed E-state index contributed by atoms with van der Waals surface area (Å²) in [6.07, 6.45) is 2.89. The van der Waals surface area contributed by atoms with Crippen LogP contribution in [0.3, 0.4) is 0 Å². The molecule has 0 spiro atoms. The van der Waals surface area contributed by atoms with Gasteiger partial charge in [-0.1, -0.05) is 12.1 Å². The number of allylic oxidation sites excluding steroid dienone is 2. The molecule has 0 atom stereocenters. The van der Waals surface area contributed by atoms with E-state index in [2.05, 4.69) is 0 Å². The first-order chi connectivity index (χ1) is 5.27. The van der Waals surface area contributed by atoms with Crippen molar-refractivity contribution in [2.45, 2.75) is 6.42 Å². The largest absolute Gasteiger partial charge is 0.204 e. The molecule has 2 rings (SSSR count). The number of hydrogen-bond donors (Lipinski definition) is 0. The zero-order chi connectivity index (χ0) is 7.84. The highest BCUT2D eigenvalue weighted by atomic mass is 19.2. The Balaban J connectivity index is 2.44. The van der Waals surface area contributed by atoms with Crippen molar-refractivity contribution in [1.29, 1.82) is 0 Å². The Labute approximate surface area is 63.2 Å². The Morgan fingerprint density at radius 2 is 1.82 bits per heavy atom. The molecule has 0 amide bonds. The van der Waals surface area contributed by atoms with E-state index in [0.717, 1.165) is 23.6 Å². The Hall–Kier alpha value is -1.18. The van der Waals surface area contributed by atoms with Gasteiger partial charge in [-0.25, -0.2) is 8.78 Å². The summed E-state index contributed by atoms with van der Waals surface area (Å²) >= 11 is 0. The van der Waals surface area contributed by atoms with Gasteiger partial charge in [-0.05, 0) is 29.7 Å². The average Bonchev–Trinajstić information content (AvgIpc) is 2.77. The second kappa shape index (κ2) is 2.16. The highest BCUT2D eigenvalue weighted by Crippen LogP contribution is 2.31. The molecule has 11 heavy (non-hydrogen) atoms. The molecule has 1 aromatic rings. The number of benzene rings is 1. The zero-order valence-electron chi connectivity index (χ0n) is 5.77. The van der Waals surface area contributed by atoms with Gasteiger partial charge in [0.1, 0.15) is 0 Å². The summed E-state index contributed by atoms with van der Waals surface area (Å²) in [5.41, 5.74) is 1.90. The lowest BCUT2D eigenvalue weighted by atomic mass is 10.2. The maximum Gasteiger partial charge on any atom is 0.159 e. The smallest absolute Gasteiger partial charge is 0.159 e. The van der Waals surface area contributed by atoms with Crippen molar-refractivity contribution >= 4 is 5.57 Å². The molecule has 0 unspecified atom stereocenters. The molecule has 0 N–H and O–H groups in total. The molecule has 0 saturated heterocycles. The van der Waals surface area contributed by atoms with E-state index in [1.165, 1.54) is 6.07 Å². The number of hydrogen-bond acceptors (Lipinski definition) is 0. The lowest BCUT2D eigenvalue weighted by Crippen LogP contribution is -1.83. The maximum absolute atomic E-state index is 12.6. The van der Waals surface area contributed by atoms with Crippen LogP contribution in [0.4, 0.5) is 8.78 Å². The van der Waals surface area contributed by atoms with Crippen molar-refractivity contribution in [2.24, 2.45) is 0 Å². The second-order valence-corrected chi connectivity index (χ2v) is 2.56. The first-order valence-electron chi connectivity index (χ1n) is 3.42. The molecule has 0 aromatic heterocycles. The predicted octanol–water partition coefficient (Wildman–Crippen LogP) is 2.75. The fraction of sp³-hybridized carbons (Fsp3) is 0.111. The molecule has 0 nitrogen and oxygen atoms in total. The van der Waals surface area contributed by atoms with Gasteiger partial charge < -0.3 is 0 Å². The van der Waals surface area contributed by atoms with E-state index in [0.29, 0.717) is 0 Å². The number of rotatable bonds is 1. The van der Waals surface area contributed by atoms with Crippen LogP contribution in [0.5, 0.6) is 0 Å². The molecule has 2 heteroatoms. The van der Waals surface area contributed by atoms with Crippen LogP contribution in [0.15, 0.2) is 24.3 Å². The zero-order valence-corrected chi connectivity index (χ0v) is 5.77. The van der Waals surface area contributed by atoms with Crippen LogP contribution in [0, 0.1) is 11.6 Å². The topological polar surface area (TPSA) is 0 Å². The van der Waals surface area contributed by atoms with Crippen molar-refractivity contribution < 1.29 is 8.78 Å². The van der Waals surface area contributed by atoms with Crippen molar-refractivity contribution in [1.82, 2.24) is 0 Å². The van der Waals surface area contributed by atoms with Gasteiger partial charge in [0.25, 0.3) is 0 Å². The third-order valence-electron chi connectivity index (χ3n) is 1.70. The minimum Gasteiger partial charge on any atom is -0.204 e. The summed E-state index contributed by atoms with van der Waals surface area (Å²) in [7, 11) is 0. The van der Waals surface area contributed by atoms with Crippen LogP contribution in [0.1, 0.15) is 12.0 Å². The Kier molecular flexibility index (Phi) is 1.28. The van der Waals surface area contributed by atoms with Gasteiger partial charge in [0.2, 0.25) is 0 Å². The minimum atomic E-state index is -0.782. The van der Waals surface area contributed by atoms with E-state index in [1.807, 2.05) is 6.08 Å². The number of halogens is 2. The van der Waals surface area contributed by atoms with E-state index in [-0.39, 0.29) is 0 Å². The van der Waals surface area contributed by atoms with Crippen molar-refractivity contribution in [3.8, 4) is 0 Å². The fourth-order valence-corrected chi connectivity index (χ4v) is 0.983. The van der Waals surface area contributed by atoms with Gasteiger partial charge in [0.15, 0.2) is 11.6 Å². The van der Waals surface area contributed by atoms with Gasteiger partial charge in [0.05, 0.1) is 0 Å². The summed E-state index contributed by atoms with van der Waals surface area (Å²) in [6, 6.07) is 3.98. The summed E-state index contributed by atoms with van der Waals surface area (Å²) in [5, 5.41) is 0. The summed E-state index contributed by atoms with van der Waals surface area (Å²) < 4.78 is 25.0. The lowest BCUT2D eigenvalue weighted by molar-refractivity contribution is 0.508. The lowest BCUT2D eigenvalue weighted by Gasteiger charge is -1.95. The van der Waals surface area contributed by atoms with Crippen LogP contribution < -0.4 is 0 Å². The summed E-state index contributed by atoms with van der Waals surface area (Å²) in [4.78, 5) is 0. The molecular weight excluding hydrogens is 146 g/mol. The molecule has 1 aliphatic carbocycles. The molecule has 0 bridgehead atoms. The normalized spacial score (nSPS) is 14.5. The van der Waals surface area contributed by atoms with Crippen LogP contribution in [0.25, 0.3) is 5.57 Å². The van der Waals surface area contributed by atoms with Gasteiger partial charge in [-0.2, -0.15) is 0 Å². The third-order valence-corrected chi connectivity index (χ3v) is 1.70. The van der Waals surface area contributed by atoms with Crippen LogP contribution in [-0.4, -0.2) is 0 Å². The van der Waals surface area contributed by atoms with E-state index in [4.69, 9.17) is 0 Å². The Morgan fingerprint density at radius 1 is 1.09 bits per heavy atom. The summed E-state index contributed by atoms with van der Waals surface area (Å²) in [5.74, 6) is -1.55. The minimum absolute atomic E-state index is 0.768. The van der Waals surface area contributed by atoms with Crippen molar-refractivity contribution in [3.05, 3.63) is 41.5 Å².